The zero-order valence-corrected chi connectivity index (χ0v) is 8.02. The Hall–Kier alpha value is -1.46. The normalized spacial score (nSPS) is 13.1. The summed E-state index contributed by atoms with van der Waals surface area (Å²) in [7, 11) is 0. The molecule has 0 spiro atoms. The third kappa shape index (κ3) is 2.86. The average molecular weight is 288 g/mol. The molecule has 0 bridgehead atoms. The van der Waals surface area contributed by atoms with Gasteiger partial charge in [0.25, 0.3) is 0 Å². The lowest BCUT2D eigenvalue weighted by Crippen LogP contribution is -2.59. The summed E-state index contributed by atoms with van der Waals surface area (Å²) in [6.07, 6.45) is -9.30. The fourth-order valence-electron chi connectivity index (χ4n) is 0.600. The van der Waals surface area contributed by atoms with Crippen LogP contribution in [-0.2, 0) is 9.59 Å². The van der Waals surface area contributed by atoms with E-state index in [0.29, 0.717) is 0 Å². The number of hydrogen-bond acceptors (Lipinski definition) is 3. The molecule has 106 valence electrons. The van der Waals surface area contributed by atoms with Crippen LogP contribution in [0, 0.1) is 0 Å². The molecule has 0 aliphatic rings. The smallest absolute Gasteiger partial charge is 0.266 e. The van der Waals surface area contributed by atoms with Crippen LogP contribution in [0.3, 0.4) is 0 Å². The molecule has 0 aromatic carbocycles. The van der Waals surface area contributed by atoms with E-state index in [9.17, 15) is 44.7 Å². The molecule has 0 heterocycles. The van der Waals surface area contributed by atoms with E-state index in [4.69, 9.17) is 0 Å². The Morgan fingerprint density at radius 1 is 0.833 bits per heavy atom. The van der Waals surface area contributed by atoms with Crippen molar-refractivity contribution in [3.63, 3.8) is 0 Å². The molecule has 0 saturated heterocycles. The van der Waals surface area contributed by atoms with E-state index < -0.39 is 41.5 Å². The van der Waals surface area contributed by atoms with Crippen molar-refractivity contribution in [3.05, 3.63) is 0 Å². The van der Waals surface area contributed by atoms with Crippen LogP contribution in [0.25, 0.3) is 0 Å². The molecular weight excluding hydrogens is 284 g/mol. The minimum absolute atomic E-state index is 1.65. The summed E-state index contributed by atoms with van der Waals surface area (Å²) in [5.41, 5.74) is 0. The van der Waals surface area contributed by atoms with Gasteiger partial charge < -0.3 is 0 Å². The number of nitrogens with zero attached hydrogens (tertiary/aromatic N) is 1. The predicted molar refractivity (Wildman–Crippen MR) is 37.9 cm³/mol. The van der Waals surface area contributed by atoms with Gasteiger partial charge in [0, 0.05) is 0 Å². The Morgan fingerprint density at radius 2 is 1.06 bits per heavy atom. The lowest BCUT2D eigenvalue weighted by atomic mass is 10.2. The second-order valence-corrected chi connectivity index (χ2v) is 2.83. The summed E-state index contributed by atoms with van der Waals surface area (Å²) in [4.78, 5) is 21.0. The third-order valence-electron chi connectivity index (χ3n) is 1.56. The van der Waals surface area contributed by atoms with E-state index in [2.05, 4.69) is 5.84 Å². The summed E-state index contributed by atoms with van der Waals surface area (Å²) in [6.45, 7) is 0. The number of halogens is 8. The molecule has 2 amide bonds. The molecular formula is C6H4F8N2O2. The molecule has 0 atom stereocenters. The van der Waals surface area contributed by atoms with Gasteiger partial charge in [-0.15, -0.1) is 0 Å². The largest absolute Gasteiger partial charge is 0.385 e. The van der Waals surface area contributed by atoms with Crippen molar-refractivity contribution in [3.8, 4) is 0 Å². The topological polar surface area (TPSA) is 63.4 Å². The Labute approximate surface area is 93.3 Å². The van der Waals surface area contributed by atoms with Gasteiger partial charge in [-0.25, -0.2) is 28.4 Å². The number of nitrogens with two attached hydrogens (primary N) is 1. The van der Waals surface area contributed by atoms with Gasteiger partial charge in [-0.1, -0.05) is 0 Å². The maximum absolute atomic E-state index is 12.3. The molecule has 0 aliphatic carbocycles. The highest BCUT2D eigenvalue weighted by Crippen LogP contribution is 2.28. The number of hydrazine groups is 1. The molecule has 12 heteroatoms. The zero-order chi connectivity index (χ0) is 14.9. The fraction of sp³-hybridized carbons (Fsp3) is 0.667. The van der Waals surface area contributed by atoms with Gasteiger partial charge in [0.05, 0.1) is 0 Å². The molecule has 2 N–H and O–H groups in total. The first-order valence-corrected chi connectivity index (χ1v) is 3.82. The van der Waals surface area contributed by atoms with Crippen molar-refractivity contribution in [1.82, 2.24) is 5.01 Å². The van der Waals surface area contributed by atoms with Crippen LogP contribution >= 0.6 is 0 Å². The second-order valence-electron chi connectivity index (χ2n) is 2.83. The van der Waals surface area contributed by atoms with Crippen molar-refractivity contribution in [2.45, 2.75) is 24.7 Å². The van der Waals surface area contributed by atoms with Crippen LogP contribution in [0.1, 0.15) is 0 Å². The van der Waals surface area contributed by atoms with Crippen LogP contribution < -0.4 is 5.84 Å². The van der Waals surface area contributed by atoms with Crippen molar-refractivity contribution in [2.75, 3.05) is 0 Å². The van der Waals surface area contributed by atoms with Gasteiger partial charge in [0.15, 0.2) is 0 Å². The molecule has 18 heavy (non-hydrogen) atoms. The highest BCUT2D eigenvalue weighted by molar-refractivity contribution is 6.01. The zero-order valence-electron chi connectivity index (χ0n) is 8.02. The van der Waals surface area contributed by atoms with Crippen LogP contribution in [0.5, 0.6) is 0 Å². The first-order chi connectivity index (χ1) is 7.86. The number of carbonyl (C=O) groups excluding carboxylic acids is 2. The van der Waals surface area contributed by atoms with Crippen LogP contribution in [0.15, 0.2) is 0 Å². The number of imide groups is 1. The number of carbonyl (C=O) groups is 2. The van der Waals surface area contributed by atoms with Crippen molar-refractivity contribution >= 4 is 11.8 Å². The molecule has 0 unspecified atom stereocenters. The molecule has 0 radical (unpaired) electrons. The average Bonchev–Trinajstić information content (AvgIpc) is 2.25. The number of rotatable bonds is 4. The number of amides is 2. The van der Waals surface area contributed by atoms with Gasteiger partial charge in [0.2, 0.25) is 0 Å². The Balaban J connectivity index is 5.15. The summed E-state index contributed by atoms with van der Waals surface area (Å²) in [5.74, 6) is -13.4. The summed E-state index contributed by atoms with van der Waals surface area (Å²) < 4.78 is 95.9. The standard InChI is InChI=1S/C6H4F8N2O2/c7-1(8)5(11,12)3(17)16(15)4(18)6(13,14)2(9)10/h1-2H,15H2. The quantitative estimate of drug-likeness (QED) is 0.363. The van der Waals surface area contributed by atoms with Crippen molar-refractivity contribution < 1.29 is 44.7 Å². The van der Waals surface area contributed by atoms with Gasteiger partial charge in [-0.3, -0.25) is 9.59 Å². The minimum Gasteiger partial charge on any atom is -0.266 e. The van der Waals surface area contributed by atoms with Crippen molar-refractivity contribution in [1.29, 1.82) is 0 Å². The molecule has 0 rings (SSSR count). The van der Waals surface area contributed by atoms with Crippen LogP contribution in [0.2, 0.25) is 0 Å². The Kier molecular flexibility index (Phi) is 4.63. The summed E-state index contributed by atoms with van der Waals surface area (Å²) in [5, 5.41) is -1.65. The van der Waals surface area contributed by atoms with Crippen molar-refractivity contribution in [2.24, 2.45) is 5.84 Å². The maximum Gasteiger partial charge on any atom is 0.385 e. The maximum atomic E-state index is 12.3. The Morgan fingerprint density at radius 3 is 1.22 bits per heavy atom. The highest BCUT2D eigenvalue weighted by Gasteiger charge is 2.58. The van der Waals surface area contributed by atoms with E-state index in [1.165, 1.54) is 0 Å². The van der Waals surface area contributed by atoms with Gasteiger partial charge >= 0.3 is 36.5 Å². The van der Waals surface area contributed by atoms with Gasteiger partial charge in [-0.05, 0) is 0 Å². The SMILES string of the molecule is NN(C(=O)C(F)(F)C(F)F)C(=O)C(F)(F)C(F)F. The first kappa shape index (κ1) is 16.5. The van der Waals surface area contributed by atoms with E-state index in [-0.39, 0.29) is 0 Å². The summed E-state index contributed by atoms with van der Waals surface area (Å²) in [6, 6.07) is 0. The number of alkyl halides is 8. The van der Waals surface area contributed by atoms with E-state index in [1.54, 1.807) is 0 Å². The molecule has 0 fully saturated rings. The summed E-state index contributed by atoms with van der Waals surface area (Å²) >= 11 is 0. The minimum atomic E-state index is -5.55. The molecule has 0 aliphatic heterocycles. The molecule has 0 saturated carbocycles. The van der Waals surface area contributed by atoms with Gasteiger partial charge in [0.1, 0.15) is 0 Å². The van der Waals surface area contributed by atoms with Crippen LogP contribution in [0.4, 0.5) is 35.1 Å². The number of hydrogen-bond donors (Lipinski definition) is 1. The molecule has 0 aromatic heterocycles. The highest BCUT2D eigenvalue weighted by atomic mass is 19.3. The first-order valence-electron chi connectivity index (χ1n) is 3.82. The lowest BCUT2D eigenvalue weighted by molar-refractivity contribution is -0.198. The molecule has 0 aromatic rings. The predicted octanol–water partition coefficient (Wildman–Crippen LogP) is 1.02. The lowest BCUT2D eigenvalue weighted by Gasteiger charge is -2.23. The monoisotopic (exact) mass is 288 g/mol. The third-order valence-corrected chi connectivity index (χ3v) is 1.56. The molecule has 4 nitrogen and oxygen atoms in total. The Bertz CT molecular complexity index is 312. The van der Waals surface area contributed by atoms with E-state index >= 15 is 0 Å². The van der Waals surface area contributed by atoms with Crippen LogP contribution in [-0.4, -0.2) is 41.5 Å². The van der Waals surface area contributed by atoms with E-state index in [0.717, 1.165) is 0 Å². The second kappa shape index (κ2) is 5.04. The van der Waals surface area contributed by atoms with Gasteiger partial charge in [-0.2, -0.15) is 17.6 Å². The van der Waals surface area contributed by atoms with E-state index in [1.807, 2.05) is 0 Å². The fourth-order valence-corrected chi connectivity index (χ4v) is 0.600.